The van der Waals surface area contributed by atoms with E-state index < -0.39 is 23.5 Å². The van der Waals surface area contributed by atoms with Gasteiger partial charge in [0.25, 0.3) is 17.7 Å². The van der Waals surface area contributed by atoms with E-state index in [4.69, 9.17) is 4.74 Å². The number of carbonyl (C=O) groups excluding carboxylic acids is 4. The van der Waals surface area contributed by atoms with Gasteiger partial charge in [-0.15, -0.1) is 0 Å². The average Bonchev–Trinajstić information content (AvgIpc) is 3.21. The first-order valence-corrected chi connectivity index (χ1v) is 9.57. The Kier molecular flexibility index (Phi) is 7.15. The molecule has 1 aliphatic rings. The van der Waals surface area contributed by atoms with Crippen molar-refractivity contribution in [1.82, 2.24) is 16.2 Å². The summed E-state index contributed by atoms with van der Waals surface area (Å²) in [4.78, 5) is 49.0. The van der Waals surface area contributed by atoms with Crippen molar-refractivity contribution >= 4 is 29.3 Å². The van der Waals surface area contributed by atoms with Crippen molar-refractivity contribution in [2.75, 3.05) is 24.6 Å². The molecule has 0 atom stereocenters. The Bertz CT molecular complexity index is 963. The molecule has 0 saturated carbocycles. The van der Waals surface area contributed by atoms with E-state index in [0.29, 0.717) is 24.3 Å². The van der Waals surface area contributed by atoms with Crippen molar-refractivity contribution in [3.05, 3.63) is 59.9 Å². The van der Waals surface area contributed by atoms with Gasteiger partial charge in [0.1, 0.15) is 11.6 Å². The standard InChI is InChI=1S/C21H21FN4O5/c22-15-5-9-17(10-6-15)31-13-19(28)25-24-18(27)12-23-21(30)14-3-7-16(8-4-14)26-11-1-2-20(26)29/h3-10H,1-2,11-13H2,(H,23,30)(H,24,27)(H,25,28). The van der Waals surface area contributed by atoms with E-state index in [1.807, 2.05) is 0 Å². The Balaban J connectivity index is 1.36. The first-order valence-electron chi connectivity index (χ1n) is 9.57. The van der Waals surface area contributed by atoms with E-state index in [-0.39, 0.29) is 19.1 Å². The van der Waals surface area contributed by atoms with E-state index in [1.54, 1.807) is 29.2 Å². The molecule has 1 saturated heterocycles. The molecule has 31 heavy (non-hydrogen) atoms. The molecular weight excluding hydrogens is 407 g/mol. The first kappa shape index (κ1) is 21.8. The summed E-state index contributed by atoms with van der Waals surface area (Å²) in [6.07, 6.45) is 1.33. The average molecular weight is 428 g/mol. The molecule has 3 rings (SSSR count). The zero-order chi connectivity index (χ0) is 22.2. The molecule has 0 aromatic heterocycles. The lowest BCUT2D eigenvalue weighted by Crippen LogP contribution is -2.47. The molecule has 162 valence electrons. The largest absolute Gasteiger partial charge is 0.484 e. The van der Waals surface area contributed by atoms with Gasteiger partial charge in [-0.2, -0.15) is 0 Å². The summed E-state index contributed by atoms with van der Waals surface area (Å²) in [5, 5.41) is 2.43. The minimum atomic E-state index is -0.636. The molecule has 9 nitrogen and oxygen atoms in total. The number of ether oxygens (including phenoxy) is 1. The highest BCUT2D eigenvalue weighted by Crippen LogP contribution is 2.21. The lowest BCUT2D eigenvalue weighted by Gasteiger charge is -2.15. The number of hydrazine groups is 1. The molecule has 1 heterocycles. The molecular formula is C21H21FN4O5. The van der Waals surface area contributed by atoms with Crippen LogP contribution in [0.15, 0.2) is 48.5 Å². The maximum Gasteiger partial charge on any atom is 0.276 e. The highest BCUT2D eigenvalue weighted by atomic mass is 19.1. The molecule has 1 fully saturated rings. The zero-order valence-corrected chi connectivity index (χ0v) is 16.5. The number of hydrogen-bond donors (Lipinski definition) is 3. The van der Waals surface area contributed by atoms with Crippen molar-refractivity contribution in [2.45, 2.75) is 12.8 Å². The van der Waals surface area contributed by atoms with Crippen LogP contribution in [0.4, 0.5) is 10.1 Å². The number of nitrogens with zero attached hydrogens (tertiary/aromatic N) is 1. The number of amides is 4. The Morgan fingerprint density at radius 1 is 0.968 bits per heavy atom. The van der Waals surface area contributed by atoms with Crippen molar-refractivity contribution in [3.63, 3.8) is 0 Å². The number of nitrogens with one attached hydrogen (secondary N) is 3. The maximum absolute atomic E-state index is 12.8. The van der Waals surface area contributed by atoms with Gasteiger partial charge in [-0.05, 0) is 55.0 Å². The van der Waals surface area contributed by atoms with Crippen molar-refractivity contribution < 1.29 is 28.3 Å². The SMILES string of the molecule is O=C(CNC(=O)c1ccc(N2CCCC2=O)cc1)NNC(=O)COc1ccc(F)cc1. The molecule has 0 radical (unpaired) electrons. The quantitative estimate of drug-likeness (QED) is 0.567. The monoisotopic (exact) mass is 428 g/mol. The Labute approximate surface area is 177 Å². The van der Waals surface area contributed by atoms with Crippen LogP contribution in [0.5, 0.6) is 5.75 Å². The van der Waals surface area contributed by atoms with Crippen molar-refractivity contribution in [1.29, 1.82) is 0 Å². The second kappa shape index (κ2) is 10.2. The summed E-state index contributed by atoms with van der Waals surface area (Å²) < 4.78 is 17.9. The van der Waals surface area contributed by atoms with Crippen LogP contribution in [0, 0.1) is 5.82 Å². The number of carbonyl (C=O) groups is 4. The van der Waals surface area contributed by atoms with Gasteiger partial charge in [-0.25, -0.2) is 4.39 Å². The van der Waals surface area contributed by atoms with Crippen LogP contribution in [0.3, 0.4) is 0 Å². The van der Waals surface area contributed by atoms with Gasteiger partial charge in [0, 0.05) is 24.2 Å². The fourth-order valence-electron chi connectivity index (χ4n) is 2.88. The van der Waals surface area contributed by atoms with E-state index in [9.17, 15) is 23.6 Å². The second-order valence-corrected chi connectivity index (χ2v) is 6.72. The summed E-state index contributed by atoms with van der Waals surface area (Å²) >= 11 is 0. The summed E-state index contributed by atoms with van der Waals surface area (Å²) in [6, 6.07) is 11.6. The fraction of sp³-hybridized carbons (Fsp3) is 0.238. The normalized spacial score (nSPS) is 12.9. The van der Waals surface area contributed by atoms with Gasteiger partial charge < -0.3 is 15.0 Å². The van der Waals surface area contributed by atoms with Crippen LogP contribution in [0.25, 0.3) is 0 Å². The van der Waals surface area contributed by atoms with Gasteiger partial charge in [0.2, 0.25) is 5.91 Å². The lowest BCUT2D eigenvalue weighted by molar-refractivity contribution is -0.129. The third-order valence-electron chi connectivity index (χ3n) is 4.45. The van der Waals surface area contributed by atoms with Crippen LogP contribution in [0.1, 0.15) is 23.2 Å². The molecule has 4 amide bonds. The van der Waals surface area contributed by atoms with Gasteiger partial charge in [0.15, 0.2) is 6.61 Å². The topological polar surface area (TPSA) is 117 Å². The van der Waals surface area contributed by atoms with Crippen LogP contribution >= 0.6 is 0 Å². The number of halogens is 1. The van der Waals surface area contributed by atoms with Crippen molar-refractivity contribution in [3.8, 4) is 5.75 Å². The third-order valence-corrected chi connectivity index (χ3v) is 4.45. The molecule has 10 heteroatoms. The molecule has 3 N–H and O–H groups in total. The first-order chi connectivity index (χ1) is 14.9. The second-order valence-electron chi connectivity index (χ2n) is 6.72. The predicted octanol–water partition coefficient (Wildman–Crippen LogP) is 0.909. The predicted molar refractivity (Wildman–Crippen MR) is 109 cm³/mol. The Hall–Kier alpha value is -3.95. The molecule has 1 aliphatic heterocycles. The zero-order valence-electron chi connectivity index (χ0n) is 16.5. The molecule has 0 aliphatic carbocycles. The molecule has 0 spiro atoms. The fourth-order valence-corrected chi connectivity index (χ4v) is 2.88. The number of benzene rings is 2. The van der Waals surface area contributed by atoms with Gasteiger partial charge >= 0.3 is 0 Å². The van der Waals surface area contributed by atoms with Gasteiger partial charge in [-0.1, -0.05) is 0 Å². The third kappa shape index (κ3) is 6.26. The maximum atomic E-state index is 12.8. The molecule has 0 bridgehead atoms. The highest BCUT2D eigenvalue weighted by Gasteiger charge is 2.21. The molecule has 0 unspecified atom stereocenters. The summed E-state index contributed by atoms with van der Waals surface area (Å²) in [5.74, 6) is -1.81. The number of anilines is 1. The van der Waals surface area contributed by atoms with E-state index in [0.717, 1.165) is 12.1 Å². The summed E-state index contributed by atoms with van der Waals surface area (Å²) in [7, 11) is 0. The van der Waals surface area contributed by atoms with Crippen LogP contribution in [-0.4, -0.2) is 43.3 Å². The van der Waals surface area contributed by atoms with Gasteiger partial charge in [0.05, 0.1) is 6.54 Å². The van der Waals surface area contributed by atoms with Crippen LogP contribution < -0.4 is 25.8 Å². The molecule has 2 aromatic rings. The lowest BCUT2D eigenvalue weighted by atomic mass is 10.2. The molecule has 2 aromatic carbocycles. The van der Waals surface area contributed by atoms with Crippen LogP contribution in [-0.2, 0) is 14.4 Å². The summed E-state index contributed by atoms with van der Waals surface area (Å²) in [6.45, 7) is -0.0837. The van der Waals surface area contributed by atoms with E-state index >= 15 is 0 Å². The van der Waals surface area contributed by atoms with Crippen molar-refractivity contribution in [2.24, 2.45) is 0 Å². The van der Waals surface area contributed by atoms with Gasteiger partial charge in [-0.3, -0.25) is 30.0 Å². The Morgan fingerprint density at radius 2 is 1.65 bits per heavy atom. The van der Waals surface area contributed by atoms with Crippen LogP contribution in [0.2, 0.25) is 0 Å². The van der Waals surface area contributed by atoms with E-state index in [2.05, 4.69) is 16.2 Å². The number of hydrogen-bond acceptors (Lipinski definition) is 5. The minimum Gasteiger partial charge on any atom is -0.484 e. The Morgan fingerprint density at radius 3 is 2.29 bits per heavy atom. The van der Waals surface area contributed by atoms with E-state index in [1.165, 1.54) is 24.3 Å². The summed E-state index contributed by atoms with van der Waals surface area (Å²) in [5.41, 5.74) is 5.35. The highest BCUT2D eigenvalue weighted by molar-refractivity contribution is 5.98. The number of rotatable bonds is 7. The smallest absolute Gasteiger partial charge is 0.276 e. The minimum absolute atomic E-state index is 0.0546.